The van der Waals surface area contributed by atoms with Crippen LogP contribution < -0.4 is 9.47 Å². The zero-order chi connectivity index (χ0) is 22.0. The molecule has 8 nitrogen and oxygen atoms in total. The number of carbonyl (C=O) groups is 1. The van der Waals surface area contributed by atoms with Gasteiger partial charge in [0.15, 0.2) is 0 Å². The predicted octanol–water partition coefficient (Wildman–Crippen LogP) is 3.73. The molecule has 1 aromatic carbocycles. The molecule has 1 amide bonds. The zero-order valence-corrected chi connectivity index (χ0v) is 18.8. The largest absolute Gasteiger partial charge is 0.496 e. The van der Waals surface area contributed by atoms with Gasteiger partial charge < -0.3 is 19.2 Å². The number of ether oxygens (including phenoxy) is 2. The van der Waals surface area contributed by atoms with Crippen molar-refractivity contribution in [3.8, 4) is 11.5 Å². The van der Waals surface area contributed by atoms with Crippen LogP contribution in [0.25, 0.3) is 0 Å². The fourth-order valence-corrected chi connectivity index (χ4v) is 4.47. The van der Waals surface area contributed by atoms with Crippen molar-refractivity contribution in [2.75, 3.05) is 20.8 Å². The Kier molecular flexibility index (Phi) is 6.36. The fraction of sp³-hybridized carbons (Fsp3) is 0.500. The third kappa shape index (κ3) is 4.35. The van der Waals surface area contributed by atoms with Crippen molar-refractivity contribution in [2.24, 2.45) is 12.2 Å². The first-order valence-corrected chi connectivity index (χ1v) is 10.8. The number of hydrogen-bond donors (Lipinski definition) is 0. The van der Waals surface area contributed by atoms with Crippen molar-refractivity contribution < 1.29 is 19.1 Å². The van der Waals surface area contributed by atoms with E-state index in [4.69, 9.17) is 25.9 Å². The van der Waals surface area contributed by atoms with Gasteiger partial charge in [-0.05, 0) is 25.0 Å². The quantitative estimate of drug-likeness (QED) is 0.699. The van der Waals surface area contributed by atoms with Crippen molar-refractivity contribution in [2.45, 2.75) is 44.2 Å². The summed E-state index contributed by atoms with van der Waals surface area (Å²) in [6.07, 6.45) is 5.62. The molecule has 0 radical (unpaired) electrons. The monoisotopic (exact) mass is 446 g/mol. The van der Waals surface area contributed by atoms with Gasteiger partial charge in [-0.15, -0.1) is 0 Å². The van der Waals surface area contributed by atoms with Crippen molar-refractivity contribution in [3.05, 3.63) is 40.7 Å². The molecule has 0 N–H and O–H groups in total. The van der Waals surface area contributed by atoms with Crippen LogP contribution in [0.3, 0.4) is 0 Å². The van der Waals surface area contributed by atoms with Crippen molar-refractivity contribution in [1.29, 1.82) is 0 Å². The molecule has 0 saturated carbocycles. The van der Waals surface area contributed by atoms with Crippen LogP contribution in [0.5, 0.6) is 11.5 Å². The van der Waals surface area contributed by atoms with E-state index in [1.165, 1.54) is 0 Å². The summed E-state index contributed by atoms with van der Waals surface area (Å²) >= 11 is 6.30. The summed E-state index contributed by atoms with van der Waals surface area (Å²) < 4.78 is 12.5. The molecule has 0 bridgehead atoms. The highest BCUT2D eigenvalue weighted by molar-refractivity contribution is 6.32. The van der Waals surface area contributed by atoms with E-state index in [1.807, 2.05) is 24.2 Å². The molecular weight excluding hydrogens is 420 g/mol. The zero-order valence-electron chi connectivity index (χ0n) is 18.0. The van der Waals surface area contributed by atoms with E-state index in [1.54, 1.807) is 31.0 Å². The van der Waals surface area contributed by atoms with Gasteiger partial charge in [0.2, 0.25) is 6.10 Å². The lowest BCUT2D eigenvalue weighted by molar-refractivity contribution is -0.144. The molecule has 9 heteroatoms. The summed E-state index contributed by atoms with van der Waals surface area (Å²) in [4.78, 5) is 21.0. The number of methoxy groups -OCH3 is 2. The lowest BCUT2D eigenvalue weighted by Gasteiger charge is -2.30. The number of carbonyl (C=O) groups excluding carboxylic acids is 1. The molecule has 2 unspecified atom stereocenters. The number of halogens is 1. The van der Waals surface area contributed by atoms with Gasteiger partial charge in [0.1, 0.15) is 11.5 Å². The maximum atomic E-state index is 13.5. The van der Waals surface area contributed by atoms with Crippen LogP contribution >= 0.6 is 11.6 Å². The van der Waals surface area contributed by atoms with Gasteiger partial charge in [0.05, 0.1) is 36.7 Å². The molecule has 166 valence electrons. The molecule has 1 fully saturated rings. The Morgan fingerprint density at radius 1 is 1.19 bits per heavy atom. The third-order valence-corrected chi connectivity index (χ3v) is 6.14. The Bertz CT molecular complexity index is 990. The second-order valence-corrected chi connectivity index (χ2v) is 8.24. The fourth-order valence-electron chi connectivity index (χ4n) is 4.23. The van der Waals surface area contributed by atoms with E-state index in [0.717, 1.165) is 31.4 Å². The first-order chi connectivity index (χ1) is 15.0. The topological polar surface area (TPSA) is 78.2 Å². The van der Waals surface area contributed by atoms with E-state index in [-0.39, 0.29) is 11.9 Å². The third-order valence-electron chi connectivity index (χ3n) is 5.84. The Morgan fingerprint density at radius 2 is 2.00 bits per heavy atom. The average Bonchev–Trinajstić information content (AvgIpc) is 3.36. The second kappa shape index (κ2) is 9.18. The van der Waals surface area contributed by atoms with Crippen LogP contribution in [0.15, 0.2) is 29.6 Å². The maximum Gasteiger partial charge on any atom is 0.267 e. The normalized spacial score (nSPS) is 21.3. The van der Waals surface area contributed by atoms with Crippen LogP contribution in [-0.2, 0) is 16.7 Å². The molecule has 1 aromatic heterocycles. The molecule has 2 aliphatic rings. The summed E-state index contributed by atoms with van der Waals surface area (Å²) in [5, 5.41) is 9.20. The highest BCUT2D eigenvalue weighted by Crippen LogP contribution is 2.36. The molecule has 2 aromatic rings. The van der Waals surface area contributed by atoms with Gasteiger partial charge in [0, 0.05) is 37.8 Å². The van der Waals surface area contributed by atoms with E-state index in [9.17, 15) is 4.79 Å². The Hall–Kier alpha value is -2.74. The van der Waals surface area contributed by atoms with Gasteiger partial charge in [-0.2, -0.15) is 5.10 Å². The van der Waals surface area contributed by atoms with Gasteiger partial charge in [-0.25, -0.2) is 0 Å². The number of oxime groups is 1. The highest BCUT2D eigenvalue weighted by Gasteiger charge is 2.37. The minimum Gasteiger partial charge on any atom is -0.496 e. The Morgan fingerprint density at radius 3 is 2.71 bits per heavy atom. The van der Waals surface area contributed by atoms with E-state index < -0.39 is 6.10 Å². The number of aromatic nitrogens is 2. The van der Waals surface area contributed by atoms with Crippen molar-refractivity contribution in [3.63, 3.8) is 0 Å². The molecule has 31 heavy (non-hydrogen) atoms. The molecular formula is C22H27ClN4O4. The van der Waals surface area contributed by atoms with Crippen LogP contribution in [0, 0.1) is 0 Å². The van der Waals surface area contributed by atoms with Crippen molar-refractivity contribution >= 4 is 23.2 Å². The smallest absolute Gasteiger partial charge is 0.267 e. The summed E-state index contributed by atoms with van der Waals surface area (Å²) in [5.41, 5.74) is 2.24. The van der Waals surface area contributed by atoms with Crippen LogP contribution in [-0.4, -0.2) is 53.2 Å². The van der Waals surface area contributed by atoms with E-state index in [0.29, 0.717) is 40.8 Å². The second-order valence-electron chi connectivity index (χ2n) is 7.83. The van der Waals surface area contributed by atoms with Crippen LogP contribution in [0.4, 0.5) is 0 Å². The molecule has 4 rings (SSSR count). The van der Waals surface area contributed by atoms with Crippen molar-refractivity contribution in [1.82, 2.24) is 14.7 Å². The first kappa shape index (κ1) is 21.5. The molecule has 2 atom stereocenters. The molecule has 0 aliphatic carbocycles. The number of benzene rings is 1. The average molecular weight is 447 g/mol. The highest BCUT2D eigenvalue weighted by atomic mass is 35.5. The number of likely N-dealkylation sites (tertiary alicyclic amines) is 1. The SMILES string of the molecule is COc1cc(OC)c(C2=NOC(C(=O)N3CCCCCC3c3ccn(C)n3)C2)cc1Cl. The lowest BCUT2D eigenvalue weighted by Crippen LogP contribution is -2.41. The number of hydrogen-bond acceptors (Lipinski definition) is 6. The van der Waals surface area contributed by atoms with E-state index in [2.05, 4.69) is 10.3 Å². The summed E-state index contributed by atoms with van der Waals surface area (Å²) in [6.45, 7) is 0.687. The predicted molar refractivity (Wildman–Crippen MR) is 117 cm³/mol. The molecule has 3 heterocycles. The van der Waals surface area contributed by atoms with Gasteiger partial charge >= 0.3 is 0 Å². The summed E-state index contributed by atoms with van der Waals surface area (Å²) in [5.74, 6) is 1.02. The number of amides is 1. The molecule has 1 saturated heterocycles. The first-order valence-electron chi connectivity index (χ1n) is 10.5. The number of nitrogens with zero attached hydrogens (tertiary/aromatic N) is 4. The van der Waals surface area contributed by atoms with E-state index >= 15 is 0 Å². The lowest BCUT2D eigenvalue weighted by atomic mass is 10.0. The molecule has 0 spiro atoms. The number of aryl methyl sites for hydroxylation is 1. The molecule has 2 aliphatic heterocycles. The number of rotatable bonds is 5. The van der Waals surface area contributed by atoms with Gasteiger partial charge in [0.25, 0.3) is 5.91 Å². The maximum absolute atomic E-state index is 13.5. The summed E-state index contributed by atoms with van der Waals surface area (Å²) in [7, 11) is 5.00. The minimum atomic E-state index is -0.676. The Balaban J connectivity index is 1.54. The minimum absolute atomic E-state index is 0.0474. The van der Waals surface area contributed by atoms with Gasteiger partial charge in [-0.3, -0.25) is 9.48 Å². The van der Waals surface area contributed by atoms with Crippen LogP contribution in [0.1, 0.15) is 49.4 Å². The Labute approximate surface area is 186 Å². The van der Waals surface area contributed by atoms with Gasteiger partial charge in [-0.1, -0.05) is 29.6 Å². The standard InChI is InChI=1S/C22H27ClN4O4/c1-26-10-8-16(24-26)18-7-5-4-6-9-27(18)22(28)21-12-17(25-31-21)14-11-15(23)20(30-3)13-19(14)29-2/h8,10-11,13,18,21H,4-7,9,12H2,1-3H3. The van der Waals surface area contributed by atoms with Crippen LogP contribution in [0.2, 0.25) is 5.02 Å². The summed E-state index contributed by atoms with van der Waals surface area (Å²) in [6, 6.07) is 5.38.